The van der Waals surface area contributed by atoms with Gasteiger partial charge in [0.1, 0.15) is 32.9 Å². The maximum Gasteiger partial charge on any atom is 1.00 e. The number of aliphatic carboxylic acids is 1. The molecule has 0 saturated heterocycles. The zero-order valence-corrected chi connectivity index (χ0v) is 56.9. The number of aromatic amines is 1. The number of fused-ring (bicyclic) bond motifs is 3. The predicted octanol–water partition coefficient (Wildman–Crippen LogP) is 13.1. The number of carbonyl (C=O) groups is 1. The van der Waals surface area contributed by atoms with Gasteiger partial charge >= 0.3 is 35.7 Å². The first kappa shape index (κ1) is 82.9. The average molecular weight is 1440 g/mol. The van der Waals surface area contributed by atoms with Crippen LogP contribution in [0.1, 0.15) is 70.1 Å². The Morgan fingerprint density at radius 1 is 0.561 bits per heavy atom. The van der Waals surface area contributed by atoms with Gasteiger partial charge in [-0.15, -0.1) is 5.60 Å². The largest absolute Gasteiger partial charge is 1.00 e. The average Bonchev–Trinajstić information content (AvgIpc) is 1.63. The number of hydrogen-bond acceptors (Lipinski definition) is 15. The Kier molecular flexibility index (Phi) is 31.7. The molecule has 9 N–H and O–H groups in total. The second-order valence-corrected chi connectivity index (χ2v) is 21.5. The summed E-state index contributed by atoms with van der Waals surface area (Å²) in [5.41, 5.74) is 19.1. The molecule has 0 spiro atoms. The van der Waals surface area contributed by atoms with Crippen LogP contribution in [-0.2, 0) is 11.0 Å². The summed E-state index contributed by atoms with van der Waals surface area (Å²) < 4.78 is 145. The van der Waals surface area contributed by atoms with Gasteiger partial charge in [0.2, 0.25) is 0 Å². The van der Waals surface area contributed by atoms with Gasteiger partial charge in [-0.3, -0.25) is 28.9 Å². The van der Waals surface area contributed by atoms with Gasteiger partial charge in [-0.1, -0.05) is 87.1 Å². The second-order valence-electron chi connectivity index (χ2n) is 20.4. The number of carboxylic acid groups (broad SMARTS) is 1. The van der Waals surface area contributed by atoms with Crippen molar-refractivity contribution in [3.8, 4) is 11.6 Å². The number of aromatic nitrogens is 12. The molecule has 12 rings (SSSR count). The van der Waals surface area contributed by atoms with Crippen LogP contribution in [-0.4, -0.2) is 75.7 Å². The van der Waals surface area contributed by atoms with E-state index in [1.165, 1.54) is 59.4 Å². The number of halogens is 14. The topological polar surface area (TPSA) is 292 Å². The van der Waals surface area contributed by atoms with Crippen molar-refractivity contribution in [2.45, 2.75) is 81.0 Å². The molecule has 0 amide bonds. The number of anilines is 5. The van der Waals surface area contributed by atoms with E-state index < -0.39 is 69.8 Å². The van der Waals surface area contributed by atoms with E-state index in [-0.39, 0.29) is 70.7 Å². The summed E-state index contributed by atoms with van der Waals surface area (Å²) in [6.45, 7) is 13.5. The van der Waals surface area contributed by atoms with Crippen LogP contribution in [0.4, 0.5) is 76.9 Å². The fraction of sp³-hybridized carbons (Fsp3) is 0.188. The van der Waals surface area contributed by atoms with Gasteiger partial charge in [0.15, 0.2) is 64.0 Å². The van der Waals surface area contributed by atoms with E-state index in [2.05, 4.69) is 55.2 Å². The summed E-state index contributed by atoms with van der Waals surface area (Å²) in [5, 5.41) is 21.6. The molecule has 0 aliphatic heterocycles. The van der Waals surface area contributed by atoms with Gasteiger partial charge in [0, 0.05) is 66.8 Å². The molecule has 6 aromatic heterocycles. The number of nitrogens with zero attached hydrogens (tertiary/aromatic N) is 11. The van der Waals surface area contributed by atoms with Crippen LogP contribution in [0, 0.1) is 74.2 Å². The van der Waals surface area contributed by atoms with Gasteiger partial charge in [-0.05, 0) is 64.1 Å². The molecule has 98 heavy (non-hydrogen) atoms. The molecule has 0 unspecified atom stereocenters. The Labute approximate surface area is 590 Å². The minimum Gasteiger partial charge on any atom is -0.850 e. The maximum atomic E-state index is 13.7. The monoisotopic (exact) mass is 1440 g/mol. The molecule has 6 aromatic carbocycles. The Bertz CT molecular complexity index is 4470. The van der Waals surface area contributed by atoms with Gasteiger partial charge in [0.25, 0.3) is 5.97 Å². The van der Waals surface area contributed by atoms with Crippen LogP contribution in [0.3, 0.4) is 0 Å². The van der Waals surface area contributed by atoms with E-state index in [0.29, 0.717) is 73.3 Å². The molecule has 0 aliphatic rings. The normalized spacial score (nSPS) is 10.5. The molecule has 0 bridgehead atoms. The second kappa shape index (κ2) is 37.4. The van der Waals surface area contributed by atoms with Crippen LogP contribution in [0.2, 0.25) is 15.5 Å². The number of nitrogens with two attached hydrogens (primary N) is 3. The van der Waals surface area contributed by atoms with Crippen LogP contribution >= 0.6 is 34.8 Å². The SMILES string of the molecule is C.CC(=O)O.CCC(C)(C)[O-].Cc1ccc(N)cc1.Cc1nc2cc(F)c(F)cc2[nH]1.Cc1nc2cc(F)c(F)cc2n1-c1cncc(Cl)n1.Cc1nc2cc(F)c(F)cc2n1-c1cncc(Nc2ccc(C(F)(F)F)cc2)n1.Clc1cncc(Cl)n1.Nc1cc(F)c(F)cc1N.[Na+]. The van der Waals surface area contributed by atoms with Gasteiger partial charge in [0.05, 0.1) is 87.2 Å². The first-order valence-corrected chi connectivity index (χ1v) is 28.7. The van der Waals surface area contributed by atoms with Gasteiger partial charge in [-0.25, -0.2) is 65.0 Å². The zero-order valence-electron chi connectivity index (χ0n) is 52.6. The van der Waals surface area contributed by atoms with E-state index in [1.807, 2.05) is 38.1 Å². The summed E-state index contributed by atoms with van der Waals surface area (Å²) in [6, 6.07) is 20.2. The molecule has 12 aromatic rings. The van der Waals surface area contributed by atoms with E-state index in [4.69, 9.17) is 61.9 Å². The van der Waals surface area contributed by atoms with Crippen molar-refractivity contribution in [3.63, 3.8) is 0 Å². The molecule has 19 nitrogen and oxygen atoms in total. The molecule has 0 saturated carbocycles. The van der Waals surface area contributed by atoms with Crippen molar-refractivity contribution in [1.82, 2.24) is 59.0 Å². The van der Waals surface area contributed by atoms with Crippen LogP contribution in [0.25, 0.3) is 44.7 Å². The molecular formula is C64H61Cl3F11N16NaO3. The molecule has 0 radical (unpaired) electrons. The smallest absolute Gasteiger partial charge is 0.850 e. The third kappa shape index (κ3) is 25.6. The number of hydrogen-bond donors (Lipinski definition) is 6. The van der Waals surface area contributed by atoms with E-state index >= 15 is 0 Å². The Balaban J connectivity index is 0.000000315. The number of alkyl halides is 3. The molecule has 34 heteroatoms. The summed E-state index contributed by atoms with van der Waals surface area (Å²) in [4.78, 5) is 47.8. The quantitative estimate of drug-likeness (QED) is 0.0530. The number of carboxylic acids is 1. The molecule has 514 valence electrons. The van der Waals surface area contributed by atoms with Crippen molar-refractivity contribution in [2.24, 2.45) is 0 Å². The zero-order chi connectivity index (χ0) is 71.5. The maximum absolute atomic E-state index is 13.7. The number of imidazole rings is 3. The molecule has 0 atom stereocenters. The summed E-state index contributed by atoms with van der Waals surface area (Å²) in [5.74, 6) is -5.86. The van der Waals surface area contributed by atoms with Crippen LogP contribution in [0.15, 0.2) is 134 Å². The Morgan fingerprint density at radius 3 is 1.34 bits per heavy atom. The van der Waals surface area contributed by atoms with E-state index in [0.717, 1.165) is 73.3 Å². The van der Waals surface area contributed by atoms with Gasteiger partial charge in [-0.2, -0.15) is 13.2 Å². The Hall–Kier alpha value is -9.30. The third-order valence-corrected chi connectivity index (χ3v) is 12.7. The van der Waals surface area contributed by atoms with E-state index in [9.17, 15) is 53.4 Å². The van der Waals surface area contributed by atoms with Crippen molar-refractivity contribution in [2.75, 3.05) is 22.5 Å². The predicted molar refractivity (Wildman–Crippen MR) is 350 cm³/mol. The number of nitrogens with one attached hydrogen (secondary N) is 2. The Morgan fingerprint density at radius 2 is 0.939 bits per heavy atom. The van der Waals surface area contributed by atoms with Crippen LogP contribution in [0.5, 0.6) is 0 Å². The van der Waals surface area contributed by atoms with Crippen LogP contribution < -0.4 is 57.2 Å². The number of H-pyrrole nitrogens is 1. The third-order valence-electron chi connectivity index (χ3n) is 12.2. The summed E-state index contributed by atoms with van der Waals surface area (Å²) in [6.07, 6.45) is 4.80. The minimum atomic E-state index is -4.42. The first-order valence-electron chi connectivity index (χ1n) is 27.5. The van der Waals surface area contributed by atoms with E-state index in [1.54, 1.807) is 39.2 Å². The molecule has 0 fully saturated rings. The van der Waals surface area contributed by atoms with Crippen molar-refractivity contribution in [3.05, 3.63) is 225 Å². The molecule has 6 heterocycles. The van der Waals surface area contributed by atoms with Crippen molar-refractivity contribution < 1.29 is 92.9 Å². The molecule has 0 aliphatic carbocycles. The number of nitrogen functional groups attached to an aromatic ring is 3. The number of rotatable bonds is 5. The first-order chi connectivity index (χ1) is 44.9. The summed E-state index contributed by atoms with van der Waals surface area (Å²) in [7, 11) is 0. The van der Waals surface area contributed by atoms with Gasteiger partial charge < -0.3 is 37.7 Å². The van der Waals surface area contributed by atoms with Crippen molar-refractivity contribution in [1.29, 1.82) is 0 Å². The van der Waals surface area contributed by atoms with Crippen molar-refractivity contribution >= 4 is 102 Å². The molecular weight excluding hydrogens is 1380 g/mol. The number of benzene rings is 6. The fourth-order valence-electron chi connectivity index (χ4n) is 7.42. The minimum absolute atomic E-state index is 0. The standard InChI is InChI=1S/C19H12F5N5.C12H7ClF2N4.C8H6F2N2.C7H9N.C6H6F2N2.C5H11O.C4H2Cl2N2.C2H4O2.CH4.Na/c1-10-26-15-6-13(20)14(21)7-16(15)29(10)18-9-25-8-17(28-18)27-12-4-2-11(3-5-12)19(22,23)24;1-6-17-9-2-7(14)8(15)3-10(9)19(6)12-5-16-4-11(13)18-12;1-4-11-7-2-5(9)6(10)3-8(7)12-4;1-6-2-4-7(8)5-3-6;7-3-1-5(9)6(10)2-4(3)8;1-4-5(2,3)6;5-3-1-7-2-4(6)8-3;1-2(3)4;;/h2-9H,1H3,(H,27,28);2-5H,1H3;2-3H,1H3,(H,11,12);2-5H,8H2,1H3;1-2H,9-10H2;4H2,1-3H3;1-2H;1H3,(H,3,4);1H4;/q;;;;;-1;;;;+1. The number of aryl methyl sites for hydroxylation is 4. The fourth-order valence-corrected chi connectivity index (χ4v) is 7.90. The summed E-state index contributed by atoms with van der Waals surface area (Å²) >= 11 is 16.6.